The van der Waals surface area contributed by atoms with Crippen molar-refractivity contribution in [1.82, 2.24) is 9.97 Å². The number of benzene rings is 2. The largest absolute Gasteiger partial charge is 0.508 e. The molecule has 2 aliphatic heterocycles. The highest BCUT2D eigenvalue weighted by atomic mass is 16.6. The van der Waals surface area contributed by atoms with Gasteiger partial charge in [-0.15, -0.1) is 0 Å². The first-order valence-corrected chi connectivity index (χ1v) is 19.2. The van der Waals surface area contributed by atoms with Crippen molar-refractivity contribution in [3.05, 3.63) is 122 Å². The first kappa shape index (κ1) is 39.3. The standard InChI is InChI=1S/C44H48N4O9/c1-5-23(3)43(54)56-34-19-31-39(53)37-33(52)18-28(21-49)55-41(37)38-36(32(22-50)25-8-7-9-27(51)17-25)29-14-15-47-42(45)30(29)12-11-26(44(34,4)57-40(31)38)16-24-10-13-35(46-6-2)48-20-24/h5,7-10,13-15,17-18,20,26,32,34,36,49-51,53H,6,11-12,16,19,21-22H2,1-4H3,(H2,45,47)(H,46,48). The highest BCUT2D eigenvalue weighted by Gasteiger charge is 2.52. The van der Waals surface area contributed by atoms with Gasteiger partial charge in [0.2, 0.25) is 0 Å². The van der Waals surface area contributed by atoms with E-state index in [-0.39, 0.29) is 51.9 Å². The Bertz CT molecular complexity index is 2410. The minimum Gasteiger partial charge on any atom is -0.508 e. The number of hydrogen-bond donors (Lipinski definition) is 6. The number of phenols is 2. The van der Waals surface area contributed by atoms with Crippen molar-refractivity contribution >= 4 is 28.6 Å². The third-order valence-electron chi connectivity index (χ3n) is 11.7. The summed E-state index contributed by atoms with van der Waals surface area (Å²) in [4.78, 5) is 36.7. The van der Waals surface area contributed by atoms with E-state index in [1.165, 1.54) is 6.07 Å². The number of nitrogen functional groups attached to an aromatic ring is 1. The van der Waals surface area contributed by atoms with Gasteiger partial charge in [-0.05, 0) is 93.5 Å². The topological polar surface area (TPSA) is 210 Å². The maximum absolute atomic E-state index is 14.0. The fourth-order valence-corrected chi connectivity index (χ4v) is 8.51. The van der Waals surface area contributed by atoms with E-state index in [9.17, 15) is 30.0 Å². The number of carbonyl (C=O) groups is 1. The molecule has 0 radical (unpaired) electrons. The van der Waals surface area contributed by atoms with Crippen LogP contribution in [0.25, 0.3) is 11.0 Å². The van der Waals surface area contributed by atoms with Crippen molar-refractivity contribution in [2.75, 3.05) is 24.2 Å². The SMILES string of the molecule is CC=C(C)C(=O)OC1Cc2c3c(c4oc(CO)cc(=O)c4c2O)C(C(CO)c2cccc(O)c2)c2ccnc(N)c2CCC(Cc2ccc(NCC)nc2)C1(C)O3. The monoisotopic (exact) mass is 776 g/mol. The van der Waals surface area contributed by atoms with Gasteiger partial charge in [-0.3, -0.25) is 4.79 Å². The van der Waals surface area contributed by atoms with Gasteiger partial charge in [-0.2, -0.15) is 0 Å². The number of phenolic OH excluding ortho intramolecular Hbond substituents is 2. The molecule has 0 spiro atoms. The van der Waals surface area contributed by atoms with Crippen LogP contribution in [0.4, 0.5) is 11.6 Å². The average molecular weight is 777 g/mol. The number of ether oxygens (including phenoxy) is 2. The summed E-state index contributed by atoms with van der Waals surface area (Å²) in [6.45, 7) is 6.94. The summed E-state index contributed by atoms with van der Waals surface area (Å²) in [5.74, 6) is -1.90. The Morgan fingerprint density at radius 1 is 1.14 bits per heavy atom. The van der Waals surface area contributed by atoms with Crippen LogP contribution in [0.1, 0.15) is 85.1 Å². The Hall–Kier alpha value is -5.92. The lowest BCUT2D eigenvalue weighted by molar-refractivity contribution is -0.165. The van der Waals surface area contributed by atoms with E-state index in [1.807, 2.05) is 32.0 Å². The molecule has 13 nitrogen and oxygen atoms in total. The van der Waals surface area contributed by atoms with E-state index >= 15 is 0 Å². The molecule has 0 aliphatic carbocycles. The van der Waals surface area contributed by atoms with Crippen LogP contribution in [0.15, 0.2) is 81.8 Å². The van der Waals surface area contributed by atoms with E-state index in [0.717, 1.165) is 17.4 Å². The maximum Gasteiger partial charge on any atom is 0.333 e. The molecule has 298 valence electrons. The van der Waals surface area contributed by atoms with Crippen molar-refractivity contribution in [3.8, 4) is 17.2 Å². The minimum atomic E-state index is -1.28. The van der Waals surface area contributed by atoms with E-state index in [4.69, 9.17) is 19.6 Å². The fourth-order valence-electron chi connectivity index (χ4n) is 8.51. The molecule has 0 saturated heterocycles. The van der Waals surface area contributed by atoms with Gasteiger partial charge in [0.25, 0.3) is 0 Å². The zero-order valence-electron chi connectivity index (χ0n) is 32.4. The number of rotatable bonds is 10. The number of nitrogens with one attached hydrogen (secondary N) is 1. The predicted octanol–water partition coefficient (Wildman–Crippen LogP) is 5.79. The number of esters is 1. The minimum absolute atomic E-state index is 0.0206. The molecule has 7 rings (SSSR count). The molecular weight excluding hydrogens is 729 g/mol. The molecule has 3 aromatic heterocycles. The van der Waals surface area contributed by atoms with Gasteiger partial charge in [-0.25, -0.2) is 14.8 Å². The molecule has 2 bridgehead atoms. The predicted molar refractivity (Wildman–Crippen MR) is 214 cm³/mol. The number of allylic oxidation sites excluding steroid dienone is 1. The molecule has 0 fully saturated rings. The smallest absolute Gasteiger partial charge is 0.333 e. The van der Waals surface area contributed by atoms with Crippen LogP contribution in [-0.2, 0) is 35.4 Å². The molecule has 0 saturated carbocycles. The number of nitrogens with zero attached hydrogens (tertiary/aromatic N) is 2. The van der Waals surface area contributed by atoms with Gasteiger partial charge in [-0.1, -0.05) is 24.3 Å². The van der Waals surface area contributed by atoms with E-state index in [2.05, 4.69) is 15.3 Å². The molecule has 0 amide bonds. The number of nitrogens with two attached hydrogens (primary N) is 1. The number of anilines is 2. The molecule has 57 heavy (non-hydrogen) atoms. The van der Waals surface area contributed by atoms with Gasteiger partial charge >= 0.3 is 5.97 Å². The lowest BCUT2D eigenvalue weighted by Gasteiger charge is -2.48. The second kappa shape index (κ2) is 15.9. The number of hydrogen-bond acceptors (Lipinski definition) is 13. The summed E-state index contributed by atoms with van der Waals surface area (Å²) in [5.41, 5.74) is 8.56. The van der Waals surface area contributed by atoms with E-state index < -0.39 is 53.9 Å². The lowest BCUT2D eigenvalue weighted by atomic mass is 9.69. The van der Waals surface area contributed by atoms with Gasteiger partial charge in [0.1, 0.15) is 63.9 Å². The maximum atomic E-state index is 14.0. The van der Waals surface area contributed by atoms with E-state index in [0.29, 0.717) is 53.6 Å². The molecule has 5 unspecified atom stereocenters. The zero-order valence-corrected chi connectivity index (χ0v) is 32.4. The number of aromatic nitrogens is 2. The third-order valence-corrected chi connectivity index (χ3v) is 11.7. The van der Waals surface area contributed by atoms with Crippen LogP contribution in [0.3, 0.4) is 0 Å². The van der Waals surface area contributed by atoms with Crippen LogP contribution in [-0.4, -0.2) is 61.2 Å². The van der Waals surface area contributed by atoms with Crippen molar-refractivity contribution in [1.29, 1.82) is 0 Å². The molecular formula is C44H48N4O9. The van der Waals surface area contributed by atoms with Gasteiger partial charge in [0.05, 0.1) is 6.61 Å². The normalized spacial score (nSPS) is 20.9. The molecule has 5 heterocycles. The zero-order chi connectivity index (χ0) is 40.6. The number of carbonyl (C=O) groups excluding carboxylic acids is 1. The van der Waals surface area contributed by atoms with E-state index in [1.54, 1.807) is 50.5 Å². The Morgan fingerprint density at radius 3 is 2.63 bits per heavy atom. The lowest BCUT2D eigenvalue weighted by Crippen LogP contribution is -2.57. The van der Waals surface area contributed by atoms with Crippen LogP contribution in [0.5, 0.6) is 17.2 Å². The van der Waals surface area contributed by atoms with Crippen molar-refractivity contribution < 1.29 is 39.1 Å². The fraction of sp³-hybridized carbons (Fsp3) is 0.364. The number of aromatic hydroxyl groups is 2. The summed E-state index contributed by atoms with van der Waals surface area (Å²) >= 11 is 0. The molecule has 7 N–H and O–H groups in total. The average Bonchev–Trinajstić information content (AvgIpc) is 3.20. The van der Waals surface area contributed by atoms with Crippen molar-refractivity contribution in [2.24, 2.45) is 5.92 Å². The molecule has 5 aromatic rings. The summed E-state index contributed by atoms with van der Waals surface area (Å²) in [6, 6.07) is 13.4. The number of aliphatic hydroxyl groups is 2. The summed E-state index contributed by atoms with van der Waals surface area (Å²) in [5, 5.41) is 47.5. The Morgan fingerprint density at radius 2 is 1.95 bits per heavy atom. The highest BCUT2D eigenvalue weighted by Crippen LogP contribution is 2.56. The Kier molecular flexibility index (Phi) is 11.0. The molecule has 13 heteroatoms. The number of fused-ring (bicyclic) bond motifs is 4. The van der Waals surface area contributed by atoms with Crippen molar-refractivity contribution in [3.63, 3.8) is 0 Å². The molecule has 5 atom stereocenters. The summed E-state index contributed by atoms with van der Waals surface area (Å²) in [7, 11) is 0. The summed E-state index contributed by atoms with van der Waals surface area (Å²) < 4.78 is 19.9. The number of aliphatic hydroxyl groups excluding tert-OH is 2. The first-order valence-electron chi connectivity index (χ1n) is 19.2. The first-order chi connectivity index (χ1) is 27.4. The van der Waals surface area contributed by atoms with Crippen LogP contribution >= 0.6 is 0 Å². The van der Waals surface area contributed by atoms with Gasteiger partial charge < -0.3 is 45.4 Å². The Balaban J connectivity index is 1.58. The quantitative estimate of drug-likeness (QED) is 0.0734. The second-order valence-electron chi connectivity index (χ2n) is 15.0. The molecule has 2 aromatic carbocycles. The third kappa shape index (κ3) is 7.17. The van der Waals surface area contributed by atoms with Crippen molar-refractivity contribution in [2.45, 2.75) is 83.5 Å². The number of pyridine rings is 2. The highest BCUT2D eigenvalue weighted by molar-refractivity contribution is 5.92. The summed E-state index contributed by atoms with van der Waals surface area (Å²) in [6.07, 6.45) is 5.34. The van der Waals surface area contributed by atoms with Gasteiger partial charge in [0.15, 0.2) is 5.43 Å². The van der Waals surface area contributed by atoms with Gasteiger partial charge in [0, 0.05) is 65.9 Å². The van der Waals surface area contributed by atoms with Crippen LogP contribution in [0.2, 0.25) is 0 Å². The second-order valence-corrected chi connectivity index (χ2v) is 15.0. The van der Waals surface area contributed by atoms with Crippen LogP contribution in [0, 0.1) is 5.92 Å². The molecule has 2 aliphatic rings. The Labute approximate surface area is 329 Å². The van der Waals surface area contributed by atoms with Crippen LogP contribution < -0.4 is 21.2 Å².